The molecule has 0 aliphatic heterocycles. The van der Waals surface area contributed by atoms with Crippen molar-refractivity contribution in [3.63, 3.8) is 0 Å². The van der Waals surface area contributed by atoms with Gasteiger partial charge in [0.25, 0.3) is 0 Å². The Hall–Kier alpha value is -1.16. The van der Waals surface area contributed by atoms with Gasteiger partial charge in [-0.1, -0.05) is 112 Å². The minimum absolute atomic E-state index is 0.237. The summed E-state index contributed by atoms with van der Waals surface area (Å²) in [6.07, 6.45) is 23.5. The van der Waals surface area contributed by atoms with Crippen LogP contribution in [0.3, 0.4) is 0 Å². The van der Waals surface area contributed by atoms with Gasteiger partial charge in [0.1, 0.15) is 0 Å². The molecule has 4 heteroatoms. The Morgan fingerprint density at radius 3 is 1.89 bits per heavy atom. The van der Waals surface area contributed by atoms with Gasteiger partial charge in [-0.2, -0.15) is 0 Å². The lowest BCUT2D eigenvalue weighted by molar-refractivity contribution is 0.360. The molecule has 0 amide bonds. The van der Waals surface area contributed by atoms with Crippen LogP contribution in [0, 0.1) is 5.41 Å². The minimum Gasteiger partial charge on any atom is -0.371 e. The molecule has 1 aromatic rings. The van der Waals surface area contributed by atoms with Crippen molar-refractivity contribution < 1.29 is 0 Å². The van der Waals surface area contributed by atoms with E-state index in [1.807, 2.05) is 7.05 Å². The zero-order chi connectivity index (χ0) is 27.5. The van der Waals surface area contributed by atoms with Crippen LogP contribution in [0.4, 0.5) is 5.69 Å². The fourth-order valence-corrected chi connectivity index (χ4v) is 5.44. The maximum Gasteiger partial charge on any atom is 0.249 e. The molecule has 1 unspecified atom stereocenters. The van der Waals surface area contributed by atoms with Gasteiger partial charge in [0, 0.05) is 25.2 Å². The lowest BCUT2D eigenvalue weighted by Crippen LogP contribution is -2.43. The van der Waals surface area contributed by atoms with Crippen molar-refractivity contribution in [2.45, 2.75) is 163 Å². The third-order valence-corrected chi connectivity index (χ3v) is 7.88. The molecule has 1 N–H and O–H groups in total. The van der Waals surface area contributed by atoms with Crippen LogP contribution in [-0.4, -0.2) is 26.2 Å². The lowest BCUT2D eigenvalue weighted by Gasteiger charge is -2.25. The zero-order valence-corrected chi connectivity index (χ0v) is 25.7. The highest BCUT2D eigenvalue weighted by Gasteiger charge is 2.23. The van der Waals surface area contributed by atoms with E-state index in [9.17, 15) is 9.59 Å². The van der Waals surface area contributed by atoms with Gasteiger partial charge in [0.05, 0.1) is 5.69 Å². The van der Waals surface area contributed by atoms with E-state index >= 15 is 0 Å². The largest absolute Gasteiger partial charge is 0.371 e. The number of hydrogen-bond donors (Lipinski definition) is 1. The molecule has 37 heavy (non-hydrogen) atoms. The molecule has 0 saturated heterocycles. The first kappa shape index (κ1) is 33.9. The highest BCUT2D eigenvalue weighted by atomic mass is 16.2. The van der Waals surface area contributed by atoms with E-state index in [1.165, 1.54) is 83.5 Å². The Morgan fingerprint density at radius 1 is 0.703 bits per heavy atom. The number of nitrogens with zero attached hydrogens (tertiary/aromatic N) is 1. The number of unbranched alkanes of at least 4 members (excludes halogenated alkanes) is 11. The van der Waals surface area contributed by atoms with E-state index in [4.69, 9.17) is 0 Å². The van der Waals surface area contributed by atoms with E-state index in [2.05, 4.69) is 44.8 Å². The molecule has 0 aliphatic rings. The average molecular weight is 519 g/mol. The molecule has 0 saturated carbocycles. The van der Waals surface area contributed by atoms with Gasteiger partial charge in [-0.25, -0.2) is 0 Å². The Bertz CT molecular complexity index is 757. The average Bonchev–Trinajstić information content (AvgIpc) is 2.85. The predicted molar refractivity (Wildman–Crippen MR) is 164 cm³/mol. The van der Waals surface area contributed by atoms with Crippen LogP contribution in [0.25, 0.3) is 0 Å². The number of nitrogens with one attached hydrogen (secondary N) is 1. The summed E-state index contributed by atoms with van der Waals surface area (Å²) in [5, 5.41) is 3.86. The Balaban J connectivity index is 2.47. The standard InChI is InChI=1S/C33H62N2O2/c1-7-9-11-13-15-17-22-28(34-26-20-16-14-12-10-8-2)23-21-27-35(6)30-29(31(36)32(30)37)24-18-19-25-33(3,4)5/h28,34H,7-27H2,1-6H3. The highest BCUT2D eigenvalue weighted by Crippen LogP contribution is 2.23. The Labute approximate surface area is 230 Å². The molecule has 1 aromatic carbocycles. The van der Waals surface area contributed by atoms with Gasteiger partial charge < -0.3 is 10.2 Å². The van der Waals surface area contributed by atoms with Crippen molar-refractivity contribution in [3.05, 3.63) is 26.0 Å². The van der Waals surface area contributed by atoms with Crippen LogP contribution in [0.5, 0.6) is 0 Å². The second-order valence-electron chi connectivity index (χ2n) is 12.8. The summed E-state index contributed by atoms with van der Waals surface area (Å²) in [5.41, 5.74) is 1.31. The quantitative estimate of drug-likeness (QED) is 0.110. The first-order chi connectivity index (χ1) is 17.7. The van der Waals surface area contributed by atoms with Crippen LogP contribution < -0.4 is 21.1 Å². The SMILES string of the molecule is CCCCCCCCNC(CCCCCCCC)CCCN(C)c1c(CCCCC(C)(C)C)c(=O)c1=O. The van der Waals surface area contributed by atoms with Crippen LogP contribution in [0.15, 0.2) is 9.59 Å². The summed E-state index contributed by atoms with van der Waals surface area (Å²) in [5.74, 6) is 0. The fraction of sp³-hybridized carbons (Fsp3) is 0.879. The topological polar surface area (TPSA) is 49.4 Å². The first-order valence-corrected chi connectivity index (χ1v) is 16.0. The maximum atomic E-state index is 12.4. The third-order valence-electron chi connectivity index (χ3n) is 7.88. The smallest absolute Gasteiger partial charge is 0.249 e. The molecule has 0 aliphatic carbocycles. The van der Waals surface area contributed by atoms with Crippen molar-refractivity contribution in [2.24, 2.45) is 5.41 Å². The van der Waals surface area contributed by atoms with Crippen molar-refractivity contribution >= 4 is 5.69 Å². The first-order valence-electron chi connectivity index (χ1n) is 16.0. The van der Waals surface area contributed by atoms with Crippen molar-refractivity contribution in [3.8, 4) is 0 Å². The van der Waals surface area contributed by atoms with Gasteiger partial charge in [0.2, 0.25) is 10.9 Å². The molecule has 0 bridgehead atoms. The molecular weight excluding hydrogens is 456 g/mol. The van der Waals surface area contributed by atoms with Crippen molar-refractivity contribution in [1.82, 2.24) is 5.32 Å². The van der Waals surface area contributed by atoms with Crippen molar-refractivity contribution in [1.29, 1.82) is 0 Å². The number of rotatable bonds is 24. The van der Waals surface area contributed by atoms with Crippen LogP contribution in [0.1, 0.15) is 156 Å². The zero-order valence-electron chi connectivity index (χ0n) is 25.7. The second-order valence-corrected chi connectivity index (χ2v) is 12.8. The maximum absolute atomic E-state index is 12.4. The third kappa shape index (κ3) is 15.1. The van der Waals surface area contributed by atoms with Gasteiger partial charge in [-0.15, -0.1) is 0 Å². The molecular formula is C33H62N2O2. The minimum atomic E-state index is -0.266. The molecule has 0 fully saturated rings. The molecule has 0 heterocycles. The van der Waals surface area contributed by atoms with E-state index in [0.717, 1.165) is 57.2 Å². The van der Waals surface area contributed by atoms with E-state index in [-0.39, 0.29) is 10.9 Å². The van der Waals surface area contributed by atoms with E-state index < -0.39 is 0 Å². The summed E-state index contributed by atoms with van der Waals surface area (Å²) in [4.78, 5) is 26.7. The van der Waals surface area contributed by atoms with E-state index in [1.54, 1.807) is 0 Å². The highest BCUT2D eigenvalue weighted by molar-refractivity contribution is 5.58. The monoisotopic (exact) mass is 518 g/mol. The molecule has 4 nitrogen and oxygen atoms in total. The van der Waals surface area contributed by atoms with E-state index in [0.29, 0.717) is 17.1 Å². The van der Waals surface area contributed by atoms with Crippen LogP contribution in [-0.2, 0) is 6.42 Å². The van der Waals surface area contributed by atoms with Crippen LogP contribution in [0.2, 0.25) is 0 Å². The second kappa shape index (κ2) is 19.8. The number of anilines is 1. The van der Waals surface area contributed by atoms with Gasteiger partial charge in [-0.05, 0) is 56.9 Å². The fourth-order valence-electron chi connectivity index (χ4n) is 5.44. The molecule has 0 spiro atoms. The summed E-state index contributed by atoms with van der Waals surface area (Å²) in [6, 6.07) is 0.569. The van der Waals surface area contributed by atoms with Gasteiger partial charge >= 0.3 is 0 Å². The summed E-state index contributed by atoms with van der Waals surface area (Å²) in [6.45, 7) is 13.3. The predicted octanol–water partition coefficient (Wildman–Crippen LogP) is 8.33. The Kier molecular flexibility index (Phi) is 18.2. The molecule has 0 radical (unpaired) electrons. The number of hydrogen-bond acceptors (Lipinski definition) is 4. The summed E-state index contributed by atoms with van der Waals surface area (Å²) >= 11 is 0. The van der Waals surface area contributed by atoms with Gasteiger partial charge in [-0.3, -0.25) is 9.59 Å². The lowest BCUT2D eigenvalue weighted by atomic mass is 9.88. The Morgan fingerprint density at radius 2 is 1.27 bits per heavy atom. The summed E-state index contributed by atoms with van der Waals surface area (Å²) in [7, 11) is 2.00. The molecule has 1 rings (SSSR count). The summed E-state index contributed by atoms with van der Waals surface area (Å²) < 4.78 is 0. The van der Waals surface area contributed by atoms with Gasteiger partial charge in [0.15, 0.2) is 0 Å². The molecule has 1 atom stereocenters. The normalized spacial score (nSPS) is 12.9. The molecule has 216 valence electrons. The van der Waals surface area contributed by atoms with Crippen molar-refractivity contribution in [2.75, 3.05) is 25.0 Å². The molecule has 0 aromatic heterocycles. The van der Waals surface area contributed by atoms with Crippen LogP contribution >= 0.6 is 0 Å².